The Morgan fingerprint density at radius 3 is 2.25 bits per heavy atom. The van der Waals surface area contributed by atoms with Crippen LogP contribution in [0.1, 0.15) is 0 Å². The van der Waals surface area contributed by atoms with E-state index >= 15 is 0 Å². The highest BCUT2D eigenvalue weighted by molar-refractivity contribution is 8.00. The van der Waals surface area contributed by atoms with Crippen molar-refractivity contribution in [2.75, 3.05) is 25.3 Å². The third-order valence-electron chi connectivity index (χ3n) is 4.75. The van der Waals surface area contributed by atoms with E-state index in [0.29, 0.717) is 27.9 Å². The lowest BCUT2D eigenvalue weighted by Gasteiger charge is -2.11. The van der Waals surface area contributed by atoms with Gasteiger partial charge in [-0.3, -0.25) is 4.79 Å². The van der Waals surface area contributed by atoms with E-state index < -0.39 is 0 Å². The minimum Gasteiger partial charge on any atom is -0.497 e. The molecular weight excluding hydrogens is 429 g/mol. The number of aromatic nitrogens is 2. The maximum atomic E-state index is 13.3. The minimum absolute atomic E-state index is 0.147. The zero-order valence-corrected chi connectivity index (χ0v) is 18.3. The van der Waals surface area contributed by atoms with Crippen LogP contribution in [0.3, 0.4) is 0 Å². The van der Waals surface area contributed by atoms with Gasteiger partial charge in [0, 0.05) is 40.2 Å². The van der Waals surface area contributed by atoms with Crippen LogP contribution in [-0.2, 0) is 4.79 Å². The Balaban J connectivity index is 1.53. The number of methoxy groups -OCH3 is 2. The zero-order valence-electron chi connectivity index (χ0n) is 17.5. The summed E-state index contributed by atoms with van der Waals surface area (Å²) >= 11 is 1.30. The van der Waals surface area contributed by atoms with Gasteiger partial charge in [0.2, 0.25) is 5.91 Å². The van der Waals surface area contributed by atoms with Crippen molar-refractivity contribution in [3.8, 4) is 22.8 Å². The molecule has 0 bridgehead atoms. The molecule has 32 heavy (non-hydrogen) atoms. The molecule has 0 unspecified atom stereocenters. The van der Waals surface area contributed by atoms with Crippen LogP contribution in [0.4, 0.5) is 10.1 Å². The van der Waals surface area contributed by atoms with E-state index in [1.54, 1.807) is 44.6 Å². The molecule has 4 rings (SSSR count). The van der Waals surface area contributed by atoms with E-state index in [2.05, 4.69) is 15.5 Å². The highest BCUT2D eigenvalue weighted by Crippen LogP contribution is 2.32. The molecule has 1 aromatic heterocycles. The largest absolute Gasteiger partial charge is 0.497 e. The number of rotatable bonds is 7. The number of benzene rings is 3. The Labute approximate surface area is 188 Å². The van der Waals surface area contributed by atoms with Gasteiger partial charge >= 0.3 is 0 Å². The van der Waals surface area contributed by atoms with Crippen LogP contribution in [-0.4, -0.2) is 36.1 Å². The van der Waals surface area contributed by atoms with Gasteiger partial charge in [-0.2, -0.15) is 0 Å². The second-order valence-electron chi connectivity index (χ2n) is 6.84. The number of carbonyl (C=O) groups is 1. The van der Waals surface area contributed by atoms with Crippen molar-refractivity contribution in [3.63, 3.8) is 0 Å². The van der Waals surface area contributed by atoms with Gasteiger partial charge in [-0.1, -0.05) is 36.0 Å². The molecule has 162 valence electrons. The number of halogens is 1. The third kappa shape index (κ3) is 4.81. The second-order valence-corrected chi connectivity index (χ2v) is 7.81. The normalized spacial score (nSPS) is 10.7. The summed E-state index contributed by atoms with van der Waals surface area (Å²) in [5.41, 5.74) is 2.02. The SMILES string of the molecule is COc1cc(NC(=O)CSc2nnc(-c3ccc(F)cc3)c3ccccc23)cc(OC)c1. The van der Waals surface area contributed by atoms with Gasteiger partial charge in [0.05, 0.1) is 20.0 Å². The van der Waals surface area contributed by atoms with Crippen LogP contribution >= 0.6 is 11.8 Å². The predicted octanol–water partition coefficient (Wildman–Crippen LogP) is 5.18. The molecule has 1 N–H and O–H groups in total. The quantitative estimate of drug-likeness (QED) is 0.392. The molecular formula is C24H20FN3O3S. The van der Waals surface area contributed by atoms with E-state index in [0.717, 1.165) is 16.3 Å². The highest BCUT2D eigenvalue weighted by Gasteiger charge is 2.13. The molecule has 0 atom stereocenters. The fourth-order valence-electron chi connectivity index (χ4n) is 3.22. The van der Waals surface area contributed by atoms with Gasteiger partial charge < -0.3 is 14.8 Å². The molecule has 6 nitrogen and oxygen atoms in total. The second kappa shape index (κ2) is 9.65. The number of nitrogens with one attached hydrogen (secondary N) is 1. The molecule has 0 saturated carbocycles. The zero-order chi connectivity index (χ0) is 22.5. The summed E-state index contributed by atoms with van der Waals surface area (Å²) in [6.45, 7) is 0. The van der Waals surface area contributed by atoms with Crippen molar-refractivity contribution in [1.82, 2.24) is 10.2 Å². The van der Waals surface area contributed by atoms with Crippen molar-refractivity contribution in [3.05, 3.63) is 72.5 Å². The summed E-state index contributed by atoms with van der Waals surface area (Å²) in [5, 5.41) is 13.9. The predicted molar refractivity (Wildman–Crippen MR) is 124 cm³/mol. The molecule has 0 saturated heterocycles. The number of thioether (sulfide) groups is 1. The first-order chi connectivity index (χ1) is 15.6. The van der Waals surface area contributed by atoms with Crippen molar-refractivity contribution < 1.29 is 18.7 Å². The molecule has 1 heterocycles. The molecule has 0 spiro atoms. The van der Waals surface area contributed by atoms with Crippen LogP contribution in [0.5, 0.6) is 11.5 Å². The van der Waals surface area contributed by atoms with Gasteiger partial charge in [0.1, 0.15) is 28.0 Å². The Hall–Kier alpha value is -3.65. The first-order valence-corrected chi connectivity index (χ1v) is 10.7. The Morgan fingerprint density at radius 1 is 0.938 bits per heavy atom. The average Bonchev–Trinajstić information content (AvgIpc) is 2.82. The lowest BCUT2D eigenvalue weighted by molar-refractivity contribution is -0.113. The number of carbonyl (C=O) groups excluding carboxylic acids is 1. The van der Waals surface area contributed by atoms with Crippen LogP contribution in [0.25, 0.3) is 22.0 Å². The van der Waals surface area contributed by atoms with E-state index in [1.807, 2.05) is 24.3 Å². The number of anilines is 1. The van der Waals surface area contributed by atoms with Crippen molar-refractivity contribution in [2.24, 2.45) is 0 Å². The highest BCUT2D eigenvalue weighted by atomic mass is 32.2. The van der Waals surface area contributed by atoms with Crippen molar-refractivity contribution in [2.45, 2.75) is 5.03 Å². The average molecular weight is 450 g/mol. The Kier molecular flexibility index (Phi) is 6.51. The standard InChI is InChI=1S/C24H20FN3O3S/c1-30-18-11-17(12-19(13-18)31-2)26-22(29)14-32-24-21-6-4-3-5-20(21)23(27-28-24)15-7-9-16(25)10-8-15/h3-13H,14H2,1-2H3,(H,26,29). The van der Waals surface area contributed by atoms with E-state index in [4.69, 9.17) is 9.47 Å². The minimum atomic E-state index is -0.308. The van der Waals surface area contributed by atoms with E-state index in [1.165, 1.54) is 23.9 Å². The lowest BCUT2D eigenvalue weighted by Crippen LogP contribution is -2.14. The smallest absolute Gasteiger partial charge is 0.234 e. The maximum absolute atomic E-state index is 13.3. The molecule has 0 fully saturated rings. The molecule has 8 heteroatoms. The van der Waals surface area contributed by atoms with Crippen molar-refractivity contribution >= 4 is 34.1 Å². The topological polar surface area (TPSA) is 73.3 Å². The first kappa shape index (κ1) is 21.6. The van der Waals surface area contributed by atoms with Gasteiger partial charge in [-0.15, -0.1) is 10.2 Å². The molecule has 3 aromatic carbocycles. The summed E-state index contributed by atoms with van der Waals surface area (Å²) in [6.07, 6.45) is 0. The van der Waals surface area contributed by atoms with Crippen LogP contribution in [0, 0.1) is 5.82 Å². The summed E-state index contributed by atoms with van der Waals surface area (Å²) in [6, 6.07) is 19.0. The van der Waals surface area contributed by atoms with Gasteiger partial charge in [-0.05, 0) is 24.3 Å². The van der Waals surface area contributed by atoms with Gasteiger partial charge in [-0.25, -0.2) is 4.39 Å². The van der Waals surface area contributed by atoms with E-state index in [9.17, 15) is 9.18 Å². The number of ether oxygens (including phenoxy) is 2. The number of hydrogen-bond acceptors (Lipinski definition) is 6. The third-order valence-corrected chi connectivity index (χ3v) is 5.73. The number of amides is 1. The number of hydrogen-bond donors (Lipinski definition) is 1. The summed E-state index contributed by atoms with van der Waals surface area (Å²) in [7, 11) is 3.10. The monoisotopic (exact) mass is 449 g/mol. The summed E-state index contributed by atoms with van der Waals surface area (Å²) in [4.78, 5) is 12.5. The molecule has 4 aromatic rings. The first-order valence-electron chi connectivity index (χ1n) is 9.74. The van der Waals surface area contributed by atoms with Crippen molar-refractivity contribution in [1.29, 1.82) is 0 Å². The molecule has 0 aliphatic rings. The number of fused-ring (bicyclic) bond motifs is 1. The van der Waals surface area contributed by atoms with Crippen LogP contribution in [0.15, 0.2) is 71.8 Å². The van der Waals surface area contributed by atoms with E-state index in [-0.39, 0.29) is 17.5 Å². The number of nitrogens with zero attached hydrogens (tertiary/aromatic N) is 2. The van der Waals surface area contributed by atoms with Gasteiger partial charge in [0.25, 0.3) is 0 Å². The molecule has 0 aliphatic carbocycles. The summed E-state index contributed by atoms with van der Waals surface area (Å²) < 4.78 is 23.8. The Bertz CT molecular complexity index is 1240. The molecule has 0 radical (unpaired) electrons. The lowest BCUT2D eigenvalue weighted by atomic mass is 10.1. The molecule has 0 aliphatic heterocycles. The maximum Gasteiger partial charge on any atom is 0.234 e. The molecule has 1 amide bonds. The fraction of sp³-hybridized carbons (Fsp3) is 0.125. The Morgan fingerprint density at radius 2 is 1.59 bits per heavy atom. The van der Waals surface area contributed by atoms with Crippen LogP contribution in [0.2, 0.25) is 0 Å². The van der Waals surface area contributed by atoms with Crippen LogP contribution < -0.4 is 14.8 Å². The fourth-order valence-corrected chi connectivity index (χ4v) is 3.99. The van der Waals surface area contributed by atoms with Gasteiger partial charge in [0.15, 0.2) is 0 Å². The summed E-state index contributed by atoms with van der Waals surface area (Å²) in [5.74, 6) is 0.812.